The largest absolute Gasteiger partial charge is 0.462 e. The molecule has 0 heterocycles. The van der Waals surface area contributed by atoms with Gasteiger partial charge in [-0.25, -0.2) is 0 Å². The predicted octanol–water partition coefficient (Wildman–Crippen LogP) is 23.7. The van der Waals surface area contributed by atoms with Crippen molar-refractivity contribution in [2.75, 3.05) is 13.2 Å². The lowest BCUT2D eigenvalue weighted by Crippen LogP contribution is -2.30. The number of carbonyl (C=O) groups excluding carboxylic acids is 3. The molecule has 0 fully saturated rings. The number of allylic oxidation sites excluding steroid dienone is 22. The van der Waals surface area contributed by atoms with E-state index in [-0.39, 0.29) is 31.1 Å². The Morgan fingerprint density at radius 2 is 0.476 bits per heavy atom. The third-order valence-corrected chi connectivity index (χ3v) is 14.4. The van der Waals surface area contributed by atoms with Crippen LogP contribution in [0.2, 0.25) is 0 Å². The molecule has 82 heavy (non-hydrogen) atoms. The SMILES string of the molecule is CC/C=C\C/C=C\C/C=C\C/C=C\C/C=C\C/C=C\C/C=C\C/C=C\C/C=C\CCCCCC(=O)OCC(COC(=O)CCCCCCC/C=C\CCCCCCC)OC(=O)CCCCCCCCCCC/C=C\CCCCCCCC. The van der Waals surface area contributed by atoms with Crippen molar-refractivity contribution in [3.8, 4) is 0 Å². The molecule has 0 rings (SSSR count). The van der Waals surface area contributed by atoms with Crippen molar-refractivity contribution in [1.82, 2.24) is 0 Å². The number of rotatable bonds is 61. The molecule has 0 bridgehead atoms. The zero-order valence-corrected chi connectivity index (χ0v) is 53.5. The summed E-state index contributed by atoms with van der Waals surface area (Å²) in [6, 6.07) is 0. The Balaban J connectivity index is 4.41. The molecule has 1 unspecified atom stereocenters. The maximum Gasteiger partial charge on any atom is 0.306 e. The zero-order chi connectivity index (χ0) is 59.2. The Morgan fingerprint density at radius 1 is 0.256 bits per heavy atom. The number of carbonyl (C=O) groups is 3. The Hall–Kier alpha value is -4.45. The van der Waals surface area contributed by atoms with Crippen molar-refractivity contribution in [2.24, 2.45) is 0 Å². The first-order valence-electron chi connectivity index (χ1n) is 34.2. The molecule has 0 aliphatic carbocycles. The number of ether oxygens (including phenoxy) is 3. The lowest BCUT2D eigenvalue weighted by Gasteiger charge is -2.18. The summed E-state index contributed by atoms with van der Waals surface area (Å²) in [6.45, 7) is 6.50. The summed E-state index contributed by atoms with van der Waals surface area (Å²) >= 11 is 0. The summed E-state index contributed by atoms with van der Waals surface area (Å²) in [5.41, 5.74) is 0. The molecule has 6 heteroatoms. The minimum atomic E-state index is -0.802. The van der Waals surface area contributed by atoms with E-state index in [1.54, 1.807) is 0 Å². The number of hydrogen-bond acceptors (Lipinski definition) is 6. The van der Waals surface area contributed by atoms with E-state index < -0.39 is 6.10 Å². The van der Waals surface area contributed by atoms with E-state index >= 15 is 0 Å². The molecule has 0 saturated carbocycles. The van der Waals surface area contributed by atoms with E-state index in [1.165, 1.54) is 141 Å². The third-order valence-electron chi connectivity index (χ3n) is 14.4. The van der Waals surface area contributed by atoms with Crippen LogP contribution in [0.5, 0.6) is 0 Å². The van der Waals surface area contributed by atoms with Gasteiger partial charge in [-0.1, -0.05) is 283 Å². The van der Waals surface area contributed by atoms with Gasteiger partial charge in [0, 0.05) is 19.3 Å². The summed E-state index contributed by atoms with van der Waals surface area (Å²) in [5.74, 6) is -0.934. The van der Waals surface area contributed by atoms with E-state index in [9.17, 15) is 14.4 Å². The molecule has 0 radical (unpaired) electrons. The van der Waals surface area contributed by atoms with Crippen LogP contribution in [-0.2, 0) is 28.6 Å². The van der Waals surface area contributed by atoms with Crippen molar-refractivity contribution >= 4 is 17.9 Å². The van der Waals surface area contributed by atoms with E-state index in [4.69, 9.17) is 14.2 Å². The lowest BCUT2D eigenvalue weighted by molar-refractivity contribution is -0.167. The Kier molecular flexibility index (Phi) is 65.3. The monoisotopic (exact) mass is 1130 g/mol. The molecule has 0 spiro atoms. The molecule has 0 aromatic rings. The average Bonchev–Trinajstić information content (AvgIpc) is 3.47. The van der Waals surface area contributed by atoms with Crippen molar-refractivity contribution in [1.29, 1.82) is 0 Å². The third kappa shape index (κ3) is 66.4. The van der Waals surface area contributed by atoms with Gasteiger partial charge in [0.25, 0.3) is 0 Å². The topological polar surface area (TPSA) is 78.9 Å². The highest BCUT2D eigenvalue weighted by atomic mass is 16.6. The zero-order valence-electron chi connectivity index (χ0n) is 53.5. The summed E-state index contributed by atoms with van der Waals surface area (Å²) in [6.07, 6.45) is 97.5. The van der Waals surface area contributed by atoms with Crippen molar-refractivity contribution in [3.63, 3.8) is 0 Å². The number of hydrogen-bond donors (Lipinski definition) is 0. The second-order valence-corrected chi connectivity index (χ2v) is 22.3. The maximum absolute atomic E-state index is 12.9. The fraction of sp³-hybridized carbons (Fsp3) is 0.671. The fourth-order valence-corrected chi connectivity index (χ4v) is 9.25. The van der Waals surface area contributed by atoms with Gasteiger partial charge in [0.2, 0.25) is 0 Å². The van der Waals surface area contributed by atoms with Gasteiger partial charge in [-0.05, 0) is 141 Å². The van der Waals surface area contributed by atoms with Gasteiger partial charge in [-0.3, -0.25) is 14.4 Å². The molecule has 0 aliphatic heterocycles. The quantitative estimate of drug-likeness (QED) is 0.0261. The van der Waals surface area contributed by atoms with Gasteiger partial charge in [-0.15, -0.1) is 0 Å². The molecular formula is C76H126O6. The van der Waals surface area contributed by atoms with Gasteiger partial charge < -0.3 is 14.2 Å². The normalized spacial score (nSPS) is 13.0. The molecule has 0 aromatic carbocycles. The summed E-state index contributed by atoms with van der Waals surface area (Å²) in [5, 5.41) is 0. The van der Waals surface area contributed by atoms with Crippen molar-refractivity contribution in [3.05, 3.63) is 134 Å². The van der Waals surface area contributed by atoms with E-state index in [0.29, 0.717) is 19.3 Å². The molecule has 0 N–H and O–H groups in total. The van der Waals surface area contributed by atoms with Gasteiger partial charge >= 0.3 is 17.9 Å². The smallest absolute Gasteiger partial charge is 0.306 e. The Morgan fingerprint density at radius 3 is 0.768 bits per heavy atom. The van der Waals surface area contributed by atoms with Crippen LogP contribution in [0.25, 0.3) is 0 Å². The minimum absolute atomic E-state index is 0.0957. The van der Waals surface area contributed by atoms with E-state index in [2.05, 4.69) is 154 Å². The van der Waals surface area contributed by atoms with Crippen molar-refractivity contribution < 1.29 is 28.6 Å². The van der Waals surface area contributed by atoms with Gasteiger partial charge in [0.1, 0.15) is 13.2 Å². The van der Waals surface area contributed by atoms with Crippen LogP contribution in [0.4, 0.5) is 0 Å². The standard InChI is InChI=1S/C76H126O6/c1-4-7-10-13-16-19-22-25-28-30-32-33-34-35-36-37-38-39-40-41-42-43-45-46-48-51-54-57-60-63-66-69-75(78)81-72-73(71-80-74(77)68-65-62-59-56-53-50-27-24-21-18-15-12-9-6-3)82-76(79)70-67-64-61-58-55-52-49-47-44-31-29-26-23-20-17-14-11-8-5-2/h7,10,16,19,24-29,32-33,35-36,38-39,41-42,45-46,51,54,73H,4-6,8-9,11-15,17-18,20-23,30-31,34,37,40,43-44,47-50,52-53,55-72H2,1-3H3/b10-7-,19-16-,27-24-,28-25-,29-26-,33-32-,36-35-,39-38-,42-41-,46-45-,54-51-. The van der Waals surface area contributed by atoms with E-state index in [1.807, 2.05) is 0 Å². The molecule has 0 aliphatic rings. The summed E-state index contributed by atoms with van der Waals surface area (Å²) in [4.78, 5) is 38.4. The van der Waals surface area contributed by atoms with Crippen LogP contribution in [0.15, 0.2) is 134 Å². The number of esters is 3. The average molecular weight is 1140 g/mol. The Bertz CT molecular complexity index is 1730. The first-order chi connectivity index (χ1) is 40.5. The van der Waals surface area contributed by atoms with E-state index in [0.717, 1.165) is 128 Å². The van der Waals surface area contributed by atoms with Crippen molar-refractivity contribution in [2.45, 2.75) is 316 Å². The highest BCUT2D eigenvalue weighted by Gasteiger charge is 2.19. The highest BCUT2D eigenvalue weighted by molar-refractivity contribution is 5.71. The second-order valence-electron chi connectivity index (χ2n) is 22.3. The summed E-state index contributed by atoms with van der Waals surface area (Å²) < 4.78 is 16.9. The molecule has 466 valence electrons. The predicted molar refractivity (Wildman–Crippen MR) is 357 cm³/mol. The fourth-order valence-electron chi connectivity index (χ4n) is 9.25. The van der Waals surface area contributed by atoms with Crippen LogP contribution < -0.4 is 0 Å². The molecule has 6 nitrogen and oxygen atoms in total. The molecule has 0 saturated heterocycles. The lowest BCUT2D eigenvalue weighted by atomic mass is 10.1. The van der Waals surface area contributed by atoms with Crippen LogP contribution in [0.3, 0.4) is 0 Å². The minimum Gasteiger partial charge on any atom is -0.462 e. The first kappa shape index (κ1) is 77.5. The molecule has 0 amide bonds. The molecule has 1 atom stereocenters. The van der Waals surface area contributed by atoms with Crippen LogP contribution in [0.1, 0.15) is 310 Å². The van der Waals surface area contributed by atoms with Gasteiger partial charge in [0.15, 0.2) is 6.10 Å². The molecule has 0 aromatic heterocycles. The molecular weight excluding hydrogens is 1010 g/mol. The summed E-state index contributed by atoms with van der Waals surface area (Å²) in [7, 11) is 0. The van der Waals surface area contributed by atoms with Gasteiger partial charge in [-0.2, -0.15) is 0 Å². The Labute approximate surface area is 506 Å². The first-order valence-corrected chi connectivity index (χ1v) is 34.2. The van der Waals surface area contributed by atoms with Gasteiger partial charge in [0.05, 0.1) is 0 Å². The van der Waals surface area contributed by atoms with Crippen LogP contribution >= 0.6 is 0 Å². The second kappa shape index (κ2) is 69.0. The van der Waals surface area contributed by atoms with Crippen LogP contribution in [0, 0.1) is 0 Å². The number of unbranched alkanes of at least 4 members (excludes halogenated alkanes) is 28. The highest BCUT2D eigenvalue weighted by Crippen LogP contribution is 2.15. The van der Waals surface area contributed by atoms with Crippen LogP contribution in [-0.4, -0.2) is 37.2 Å². The maximum atomic E-state index is 12.9.